The summed E-state index contributed by atoms with van der Waals surface area (Å²) >= 11 is 9.19. The Morgan fingerprint density at radius 2 is 1.83 bits per heavy atom. The van der Waals surface area contributed by atoms with Crippen LogP contribution in [0.1, 0.15) is 30.0 Å². The Morgan fingerprint density at radius 1 is 1.15 bits per heavy atom. The molecule has 1 fully saturated rings. The van der Waals surface area contributed by atoms with Crippen molar-refractivity contribution in [2.75, 3.05) is 25.1 Å². The fourth-order valence-electron chi connectivity index (χ4n) is 4.84. The molecule has 1 unspecified atom stereocenters. The molecule has 0 bridgehead atoms. The maximum Gasteiger partial charge on any atom is 0.416 e. The van der Waals surface area contributed by atoms with Crippen LogP contribution < -0.4 is 16.0 Å². The highest BCUT2D eigenvalue weighted by molar-refractivity contribution is 9.10. The molecule has 1 aromatic heterocycles. The summed E-state index contributed by atoms with van der Waals surface area (Å²) in [5, 5.41) is -0.296. The highest BCUT2D eigenvalue weighted by Gasteiger charge is 2.37. The molecule has 2 aromatic carbocycles. The first kappa shape index (κ1) is 31.7. The van der Waals surface area contributed by atoms with Crippen LogP contribution in [0.3, 0.4) is 0 Å². The second-order valence-electron chi connectivity index (χ2n) is 9.72. The number of fused-ring (bicyclic) bond motifs is 1. The van der Waals surface area contributed by atoms with E-state index in [4.69, 9.17) is 11.6 Å². The van der Waals surface area contributed by atoms with Crippen LogP contribution in [0, 0.1) is 0 Å². The quantitative estimate of drug-likeness (QED) is 0.368. The van der Waals surface area contributed by atoms with Crippen molar-refractivity contribution in [2.45, 2.75) is 43.5 Å². The second-order valence-corrected chi connectivity index (χ2v) is 15.0. The average Bonchev–Trinajstić information content (AvgIpc) is 3.28. The van der Waals surface area contributed by atoms with E-state index in [9.17, 15) is 39.6 Å². The first-order valence-corrected chi connectivity index (χ1v) is 16.9. The number of hydrogen-bond donors (Lipinski definition) is 2. The number of rotatable bonds is 8. The molecular weight excluding hydrogens is 677 g/mol. The highest BCUT2D eigenvalue weighted by atomic mass is 79.9. The van der Waals surface area contributed by atoms with Crippen molar-refractivity contribution >= 4 is 58.3 Å². The molecule has 0 radical (unpaired) electrons. The summed E-state index contributed by atoms with van der Waals surface area (Å²) < 4.78 is 94.0. The van der Waals surface area contributed by atoms with Crippen molar-refractivity contribution in [2.24, 2.45) is 0 Å². The monoisotopic (exact) mass is 700 g/mol. The normalized spacial score (nSPS) is 17.0. The lowest BCUT2D eigenvalue weighted by Crippen LogP contribution is -2.37. The minimum Gasteiger partial charge on any atom is -0.306 e. The number of H-pyrrole nitrogens is 1. The Hall–Kier alpha value is -2.24. The van der Waals surface area contributed by atoms with Gasteiger partial charge < -0.3 is 4.98 Å². The topological polar surface area (TPSA) is 138 Å². The maximum absolute atomic E-state index is 14.3. The maximum atomic E-state index is 14.3. The van der Waals surface area contributed by atoms with E-state index in [0.29, 0.717) is 23.6 Å². The zero-order chi connectivity index (χ0) is 30.5. The van der Waals surface area contributed by atoms with Crippen LogP contribution in [-0.2, 0) is 39.1 Å². The van der Waals surface area contributed by atoms with Gasteiger partial charge in [-0.05, 0) is 57.7 Å². The standard InChI is InChI=1S/C24H25BrClF3N4O6S2/c1-3-41(38,39)19-5-4-14(26)8-13(19)10-33-22(34)16-9-18(24(27,28)29)17(20(25)21(16)30-23(33)35)12-32-7-6-15(11-32)31-40(2,36)37/h4-5,8-9,15,31H,3,6-7,10-12H2,1-2H3,(H,30,35). The average molecular weight is 702 g/mol. The minimum atomic E-state index is -4.88. The highest BCUT2D eigenvalue weighted by Crippen LogP contribution is 2.39. The number of sulfone groups is 1. The van der Waals surface area contributed by atoms with Gasteiger partial charge in [0.2, 0.25) is 10.0 Å². The van der Waals surface area contributed by atoms with E-state index in [1.165, 1.54) is 25.1 Å². The molecule has 1 aliphatic rings. The van der Waals surface area contributed by atoms with Crippen LogP contribution in [-0.4, -0.2) is 62.4 Å². The van der Waals surface area contributed by atoms with Gasteiger partial charge in [0, 0.05) is 35.2 Å². The number of nitrogens with zero attached hydrogens (tertiary/aromatic N) is 2. The minimum absolute atomic E-state index is 0.0318. The second kappa shape index (κ2) is 11.4. The molecule has 41 heavy (non-hydrogen) atoms. The number of benzene rings is 2. The van der Waals surface area contributed by atoms with Gasteiger partial charge in [-0.1, -0.05) is 18.5 Å². The molecule has 17 heteroatoms. The summed E-state index contributed by atoms with van der Waals surface area (Å²) in [5.41, 5.74) is -3.48. The Kier molecular flexibility index (Phi) is 8.85. The third kappa shape index (κ3) is 6.88. The SMILES string of the molecule is CCS(=O)(=O)c1ccc(Cl)cc1Cn1c(=O)[nH]c2c(Br)c(CN3CCC(NS(C)(=O)=O)C3)c(C(F)(F)F)cc2c1=O. The molecule has 0 saturated carbocycles. The molecule has 224 valence electrons. The first-order chi connectivity index (χ1) is 18.9. The van der Waals surface area contributed by atoms with Crippen LogP contribution in [0.15, 0.2) is 43.2 Å². The molecule has 0 aliphatic carbocycles. The van der Waals surface area contributed by atoms with Crippen molar-refractivity contribution in [1.82, 2.24) is 19.2 Å². The zero-order valence-electron chi connectivity index (χ0n) is 21.7. The summed E-state index contributed by atoms with van der Waals surface area (Å²) in [6, 6.07) is 4.06. The lowest BCUT2D eigenvalue weighted by atomic mass is 10.0. The van der Waals surface area contributed by atoms with E-state index in [2.05, 4.69) is 25.6 Å². The van der Waals surface area contributed by atoms with E-state index in [-0.39, 0.29) is 49.9 Å². The number of sulfonamides is 1. The van der Waals surface area contributed by atoms with E-state index >= 15 is 0 Å². The van der Waals surface area contributed by atoms with Crippen LogP contribution in [0.4, 0.5) is 13.2 Å². The number of aromatic amines is 1. The molecule has 3 aromatic rings. The molecule has 1 aliphatic heterocycles. The number of hydrogen-bond acceptors (Lipinski definition) is 7. The van der Waals surface area contributed by atoms with E-state index in [0.717, 1.165) is 6.26 Å². The Labute approximate surface area is 246 Å². The fourth-order valence-corrected chi connectivity index (χ4v) is 7.60. The zero-order valence-corrected chi connectivity index (χ0v) is 25.7. The summed E-state index contributed by atoms with van der Waals surface area (Å²) in [6.07, 6.45) is -3.49. The largest absolute Gasteiger partial charge is 0.416 e. The van der Waals surface area contributed by atoms with E-state index < -0.39 is 60.8 Å². The van der Waals surface area contributed by atoms with Crippen LogP contribution in [0.25, 0.3) is 10.9 Å². The molecular formula is C24H25BrClF3N4O6S2. The number of nitrogens with one attached hydrogen (secondary N) is 2. The summed E-state index contributed by atoms with van der Waals surface area (Å²) in [7, 11) is -7.29. The van der Waals surface area contributed by atoms with E-state index in [1.54, 1.807) is 4.90 Å². The summed E-state index contributed by atoms with van der Waals surface area (Å²) in [6.45, 7) is 1.11. The van der Waals surface area contributed by atoms with Gasteiger partial charge in [-0.15, -0.1) is 0 Å². The molecule has 2 heterocycles. The Morgan fingerprint density at radius 3 is 2.44 bits per heavy atom. The number of aromatic nitrogens is 2. The Balaban J connectivity index is 1.82. The molecule has 2 N–H and O–H groups in total. The van der Waals surface area contributed by atoms with Crippen LogP contribution in [0.5, 0.6) is 0 Å². The van der Waals surface area contributed by atoms with Gasteiger partial charge >= 0.3 is 11.9 Å². The Bertz CT molecular complexity index is 1860. The van der Waals surface area contributed by atoms with Crippen molar-refractivity contribution in [3.05, 3.63) is 71.3 Å². The van der Waals surface area contributed by atoms with Crippen molar-refractivity contribution in [3.63, 3.8) is 0 Å². The summed E-state index contributed by atoms with van der Waals surface area (Å²) in [5.74, 6) is -0.267. The predicted octanol–water partition coefficient (Wildman–Crippen LogP) is 3.09. The van der Waals surface area contributed by atoms with Crippen LogP contribution >= 0.6 is 27.5 Å². The van der Waals surface area contributed by atoms with Gasteiger partial charge in [0.25, 0.3) is 5.56 Å². The van der Waals surface area contributed by atoms with Crippen LogP contribution in [0.2, 0.25) is 5.02 Å². The molecule has 10 nitrogen and oxygen atoms in total. The van der Waals surface area contributed by atoms with Crippen molar-refractivity contribution in [1.29, 1.82) is 0 Å². The van der Waals surface area contributed by atoms with Gasteiger partial charge in [-0.3, -0.25) is 14.3 Å². The molecule has 4 rings (SSSR count). The van der Waals surface area contributed by atoms with Gasteiger partial charge in [0.1, 0.15) is 0 Å². The third-order valence-electron chi connectivity index (χ3n) is 6.73. The predicted molar refractivity (Wildman–Crippen MR) is 151 cm³/mol. The molecule has 1 atom stereocenters. The first-order valence-electron chi connectivity index (χ1n) is 12.2. The third-order valence-corrected chi connectivity index (χ3v) is 10.4. The molecule has 0 amide bonds. The summed E-state index contributed by atoms with van der Waals surface area (Å²) in [4.78, 5) is 30.4. The molecule has 1 saturated heterocycles. The van der Waals surface area contributed by atoms with Gasteiger partial charge in [0.05, 0.1) is 39.9 Å². The lowest BCUT2D eigenvalue weighted by molar-refractivity contribution is -0.138. The van der Waals surface area contributed by atoms with Crippen molar-refractivity contribution < 1.29 is 30.0 Å². The molecule has 0 spiro atoms. The van der Waals surface area contributed by atoms with Gasteiger partial charge in [0.15, 0.2) is 9.84 Å². The number of halogens is 5. The smallest absolute Gasteiger partial charge is 0.306 e. The lowest BCUT2D eigenvalue weighted by Gasteiger charge is -2.22. The van der Waals surface area contributed by atoms with Gasteiger partial charge in [-0.25, -0.2) is 26.4 Å². The van der Waals surface area contributed by atoms with Crippen molar-refractivity contribution in [3.8, 4) is 0 Å². The number of likely N-dealkylation sites (tertiary alicyclic amines) is 1. The van der Waals surface area contributed by atoms with E-state index in [1.807, 2.05) is 0 Å². The fraction of sp³-hybridized carbons (Fsp3) is 0.417. The van der Waals surface area contributed by atoms with Gasteiger partial charge in [-0.2, -0.15) is 13.2 Å². The number of alkyl halides is 3.